The van der Waals surface area contributed by atoms with Crippen LogP contribution in [-0.4, -0.2) is 21.5 Å². The number of aryl methyl sites for hydroxylation is 1. The third-order valence-corrected chi connectivity index (χ3v) is 6.05. The number of thiophene rings is 1. The monoisotopic (exact) mass is 501 g/mol. The molecule has 0 unspecified atom stereocenters. The average molecular weight is 502 g/mol. The Morgan fingerprint density at radius 1 is 1.08 bits per heavy atom. The first kappa shape index (κ1) is 25.3. The van der Waals surface area contributed by atoms with Crippen molar-refractivity contribution in [2.24, 2.45) is 0 Å². The largest absolute Gasteiger partial charge is 0.455 e. The number of carbonyl (C=O) groups excluding carboxylic acids is 1. The zero-order chi connectivity index (χ0) is 25.7. The van der Waals surface area contributed by atoms with E-state index in [-0.39, 0.29) is 11.5 Å². The number of hydrogen-bond acceptors (Lipinski definition) is 6. The fourth-order valence-electron chi connectivity index (χ4n) is 3.54. The molecule has 0 amide bonds. The number of aromatic nitrogens is 2. The molecule has 1 N–H and O–H groups in total. The van der Waals surface area contributed by atoms with Crippen LogP contribution in [0, 0.1) is 12.7 Å². The lowest BCUT2D eigenvalue weighted by molar-refractivity contribution is -0.149. The van der Waals surface area contributed by atoms with Crippen LogP contribution in [0.1, 0.15) is 42.5 Å². The van der Waals surface area contributed by atoms with Gasteiger partial charge in [0.1, 0.15) is 17.1 Å². The van der Waals surface area contributed by atoms with Crippen LogP contribution in [0.25, 0.3) is 17.3 Å². The summed E-state index contributed by atoms with van der Waals surface area (Å²) >= 11 is 1.50. The second-order valence-electron chi connectivity index (χ2n) is 9.35. The van der Waals surface area contributed by atoms with Crippen LogP contribution in [0.2, 0.25) is 0 Å². The number of rotatable bonds is 7. The molecule has 36 heavy (non-hydrogen) atoms. The predicted molar refractivity (Wildman–Crippen MR) is 143 cm³/mol. The molecular formula is C29H28FN3O2S. The lowest BCUT2D eigenvalue weighted by Crippen LogP contribution is -2.27. The molecule has 0 saturated carbocycles. The summed E-state index contributed by atoms with van der Waals surface area (Å²) in [4.78, 5) is 23.3. The number of nitrogens with one attached hydrogen (secondary N) is 1. The molecule has 2 aromatic heterocycles. The summed E-state index contributed by atoms with van der Waals surface area (Å²) < 4.78 is 20.5. The summed E-state index contributed by atoms with van der Waals surface area (Å²) in [6, 6.07) is 18.8. The molecule has 4 aromatic rings. The highest BCUT2D eigenvalue weighted by Crippen LogP contribution is 2.27. The first-order chi connectivity index (χ1) is 17.2. The van der Waals surface area contributed by atoms with Crippen molar-refractivity contribution < 1.29 is 13.9 Å². The minimum absolute atomic E-state index is 0.241. The minimum Gasteiger partial charge on any atom is -0.455 e. The first-order valence-corrected chi connectivity index (χ1v) is 12.5. The van der Waals surface area contributed by atoms with Gasteiger partial charge in [-0.3, -0.25) is 0 Å². The van der Waals surface area contributed by atoms with Gasteiger partial charge in [-0.2, -0.15) is 0 Å². The number of benzene rings is 2. The zero-order valence-electron chi connectivity index (χ0n) is 20.7. The van der Waals surface area contributed by atoms with Gasteiger partial charge >= 0.3 is 5.97 Å². The summed E-state index contributed by atoms with van der Waals surface area (Å²) in [7, 11) is 0. The van der Waals surface area contributed by atoms with E-state index in [0.29, 0.717) is 34.8 Å². The van der Waals surface area contributed by atoms with E-state index < -0.39 is 11.6 Å². The number of nitrogens with zero attached hydrogens (tertiary/aromatic N) is 2. The molecule has 2 aromatic carbocycles. The Labute approximate surface area is 214 Å². The zero-order valence-corrected chi connectivity index (χ0v) is 21.5. The van der Waals surface area contributed by atoms with Crippen molar-refractivity contribution in [1.29, 1.82) is 0 Å². The number of anilines is 1. The third kappa shape index (κ3) is 6.43. The summed E-state index contributed by atoms with van der Waals surface area (Å²) in [5.41, 5.74) is 2.51. The highest BCUT2D eigenvalue weighted by molar-refractivity contribution is 7.10. The van der Waals surface area contributed by atoms with Gasteiger partial charge in [0.25, 0.3) is 0 Å². The van der Waals surface area contributed by atoms with Crippen molar-refractivity contribution in [1.82, 2.24) is 9.97 Å². The quantitative estimate of drug-likeness (QED) is 0.217. The highest BCUT2D eigenvalue weighted by Gasteiger charge is 2.22. The van der Waals surface area contributed by atoms with Gasteiger partial charge in [0, 0.05) is 16.9 Å². The number of carbonyl (C=O) groups is 1. The van der Waals surface area contributed by atoms with Crippen LogP contribution in [0.5, 0.6) is 0 Å². The lowest BCUT2D eigenvalue weighted by Gasteiger charge is -2.21. The SMILES string of the molecule is Cc1cccc(-c2cnc(N/C(=C\c3cccs3)C(=O)OC(C)(C)C)c(Cc3ccccc3)n2)c1F. The van der Waals surface area contributed by atoms with Crippen LogP contribution >= 0.6 is 11.3 Å². The standard InChI is InChI=1S/C29H28FN3O2S/c1-19-10-8-14-22(26(19)30)25-18-31-27(23(32-25)16-20-11-6-5-7-12-20)33-24(17-21-13-9-15-36-21)28(34)35-29(2,3)4/h5-15,17-18H,16H2,1-4H3,(H,31,33)/b24-17-. The maximum absolute atomic E-state index is 14.9. The average Bonchev–Trinajstić information content (AvgIpc) is 3.34. The molecule has 184 valence electrons. The number of hydrogen-bond donors (Lipinski definition) is 1. The third-order valence-electron chi connectivity index (χ3n) is 5.23. The van der Waals surface area contributed by atoms with Gasteiger partial charge in [-0.05, 0) is 62.4 Å². The molecule has 0 atom stereocenters. The molecule has 0 aliphatic carbocycles. The van der Waals surface area contributed by atoms with E-state index in [1.807, 2.05) is 68.6 Å². The van der Waals surface area contributed by atoms with E-state index in [1.165, 1.54) is 17.5 Å². The van der Waals surface area contributed by atoms with Gasteiger partial charge in [0.05, 0.1) is 17.6 Å². The molecule has 5 nitrogen and oxygen atoms in total. The summed E-state index contributed by atoms with van der Waals surface area (Å²) in [5, 5.41) is 5.09. The van der Waals surface area contributed by atoms with Gasteiger partial charge in [-0.15, -0.1) is 11.3 Å². The smallest absolute Gasteiger partial charge is 0.355 e. The molecule has 0 aliphatic heterocycles. The topological polar surface area (TPSA) is 64.1 Å². The van der Waals surface area contributed by atoms with Gasteiger partial charge in [-0.1, -0.05) is 48.5 Å². The molecular weight excluding hydrogens is 473 g/mol. The Morgan fingerprint density at radius 3 is 2.56 bits per heavy atom. The van der Waals surface area contributed by atoms with Crippen molar-refractivity contribution in [2.45, 2.75) is 39.7 Å². The fraction of sp³-hybridized carbons (Fsp3) is 0.207. The molecule has 4 rings (SSSR count). The van der Waals surface area contributed by atoms with E-state index >= 15 is 0 Å². The summed E-state index contributed by atoms with van der Waals surface area (Å²) in [6.07, 6.45) is 3.70. The van der Waals surface area contributed by atoms with E-state index in [2.05, 4.69) is 10.3 Å². The highest BCUT2D eigenvalue weighted by atomic mass is 32.1. The second-order valence-corrected chi connectivity index (χ2v) is 10.3. The fourth-order valence-corrected chi connectivity index (χ4v) is 4.20. The molecule has 2 heterocycles. The van der Waals surface area contributed by atoms with Crippen LogP contribution in [0.15, 0.2) is 77.9 Å². The van der Waals surface area contributed by atoms with Gasteiger partial charge in [-0.25, -0.2) is 19.2 Å². The van der Waals surface area contributed by atoms with Crippen molar-refractivity contribution in [3.8, 4) is 11.3 Å². The predicted octanol–water partition coefficient (Wildman–Crippen LogP) is 7.04. The number of esters is 1. The molecule has 0 radical (unpaired) electrons. The van der Waals surface area contributed by atoms with Gasteiger partial charge < -0.3 is 10.1 Å². The van der Waals surface area contributed by atoms with Crippen molar-refractivity contribution in [3.05, 3.63) is 105 Å². The Morgan fingerprint density at radius 2 is 1.86 bits per heavy atom. The Balaban J connectivity index is 1.77. The Kier molecular flexibility index (Phi) is 7.60. The lowest BCUT2D eigenvalue weighted by atomic mass is 10.1. The van der Waals surface area contributed by atoms with Gasteiger partial charge in [0.2, 0.25) is 0 Å². The molecule has 0 saturated heterocycles. The van der Waals surface area contributed by atoms with Gasteiger partial charge in [0.15, 0.2) is 5.82 Å². The van der Waals surface area contributed by atoms with E-state index in [4.69, 9.17) is 9.72 Å². The maximum atomic E-state index is 14.9. The van der Waals surface area contributed by atoms with Crippen molar-refractivity contribution in [2.75, 3.05) is 5.32 Å². The maximum Gasteiger partial charge on any atom is 0.355 e. The Hall–Kier alpha value is -3.84. The summed E-state index contributed by atoms with van der Waals surface area (Å²) in [5.74, 6) is -0.424. The van der Waals surface area contributed by atoms with Crippen LogP contribution in [0.4, 0.5) is 10.2 Å². The second kappa shape index (κ2) is 10.8. The molecule has 0 aliphatic rings. The number of ether oxygens (including phenoxy) is 1. The van der Waals surface area contributed by atoms with Crippen LogP contribution in [-0.2, 0) is 16.0 Å². The van der Waals surface area contributed by atoms with E-state index in [1.54, 1.807) is 31.2 Å². The molecule has 0 spiro atoms. The molecule has 0 bridgehead atoms. The molecule has 7 heteroatoms. The minimum atomic E-state index is -0.668. The number of halogens is 1. The van der Waals surface area contributed by atoms with E-state index in [0.717, 1.165) is 10.4 Å². The van der Waals surface area contributed by atoms with Crippen molar-refractivity contribution in [3.63, 3.8) is 0 Å². The van der Waals surface area contributed by atoms with Crippen LogP contribution < -0.4 is 5.32 Å². The van der Waals surface area contributed by atoms with Crippen LogP contribution in [0.3, 0.4) is 0 Å². The van der Waals surface area contributed by atoms with Crippen molar-refractivity contribution >= 4 is 29.2 Å². The Bertz CT molecular complexity index is 1380. The summed E-state index contributed by atoms with van der Waals surface area (Å²) in [6.45, 7) is 7.17. The molecule has 0 fully saturated rings. The first-order valence-electron chi connectivity index (χ1n) is 11.6. The van der Waals surface area contributed by atoms with E-state index in [9.17, 15) is 9.18 Å². The normalized spacial score (nSPS) is 11.9.